The van der Waals surface area contributed by atoms with Gasteiger partial charge >= 0.3 is 0 Å². The highest BCUT2D eigenvalue weighted by molar-refractivity contribution is 14.0. The predicted octanol–water partition coefficient (Wildman–Crippen LogP) is 3.87. The van der Waals surface area contributed by atoms with Gasteiger partial charge in [-0.15, -0.1) is 24.0 Å². The molecule has 1 rings (SSSR count). The Kier molecular flexibility index (Phi) is 15.4. The van der Waals surface area contributed by atoms with E-state index in [-0.39, 0.29) is 24.0 Å². The Labute approximate surface area is 153 Å². The van der Waals surface area contributed by atoms with Crippen LogP contribution in [0.15, 0.2) is 17.1 Å². The number of hydrogen-bond acceptors (Lipinski definition) is 2. The first-order valence-corrected chi connectivity index (χ1v) is 8.61. The molecule has 0 spiro atoms. The molecule has 130 valence electrons. The normalized spacial score (nSPS) is 16.5. The molecule has 1 aliphatic carbocycles. The molecule has 1 fully saturated rings. The third kappa shape index (κ3) is 11.3. The van der Waals surface area contributed by atoms with Crippen molar-refractivity contribution in [2.24, 2.45) is 4.99 Å². The average molecular weight is 423 g/mol. The molecule has 5 heteroatoms. The molecule has 1 saturated carbocycles. The topological polar surface area (TPSA) is 45.7 Å². The molecule has 0 bridgehead atoms. The van der Waals surface area contributed by atoms with Crippen LogP contribution in [0.2, 0.25) is 0 Å². The number of halogens is 1. The Morgan fingerprint density at radius 2 is 2.00 bits per heavy atom. The maximum Gasteiger partial charge on any atom is 0.191 e. The van der Waals surface area contributed by atoms with Gasteiger partial charge in [-0.2, -0.15) is 0 Å². The molecule has 0 atom stereocenters. The summed E-state index contributed by atoms with van der Waals surface area (Å²) in [6.45, 7) is 7.63. The molecule has 0 radical (unpaired) electrons. The van der Waals surface area contributed by atoms with Crippen LogP contribution in [0, 0.1) is 0 Å². The van der Waals surface area contributed by atoms with E-state index in [0.717, 1.165) is 45.0 Å². The molecule has 22 heavy (non-hydrogen) atoms. The van der Waals surface area contributed by atoms with Gasteiger partial charge in [-0.1, -0.05) is 31.4 Å². The van der Waals surface area contributed by atoms with Crippen LogP contribution in [-0.4, -0.2) is 38.3 Å². The molecule has 1 aliphatic rings. The summed E-state index contributed by atoms with van der Waals surface area (Å²) in [7, 11) is 0. The lowest BCUT2D eigenvalue weighted by Gasteiger charge is -2.21. The average Bonchev–Trinajstić information content (AvgIpc) is 2.52. The zero-order chi connectivity index (χ0) is 15.2. The molecular weight excluding hydrogens is 389 g/mol. The van der Waals surface area contributed by atoms with Crippen LogP contribution in [-0.2, 0) is 4.74 Å². The largest absolute Gasteiger partial charge is 0.378 e. The highest BCUT2D eigenvalue weighted by atomic mass is 127. The van der Waals surface area contributed by atoms with Crippen LogP contribution in [0.5, 0.6) is 0 Å². The van der Waals surface area contributed by atoms with Gasteiger partial charge in [0.05, 0.1) is 6.10 Å². The summed E-state index contributed by atoms with van der Waals surface area (Å²) < 4.78 is 5.92. The standard InChI is InChI=1S/C17H33N3O.HI/c1-3-5-9-13-19-17(18-4-2)20-14-10-15-21-16-11-7-6-8-12-16;/h3,5,16H,4,6-15H2,1-2H3,(H2,18,19,20);1H/b5-3+;. The van der Waals surface area contributed by atoms with E-state index in [2.05, 4.69) is 34.7 Å². The molecule has 0 aromatic carbocycles. The van der Waals surface area contributed by atoms with Crippen molar-refractivity contribution >= 4 is 29.9 Å². The van der Waals surface area contributed by atoms with Crippen molar-refractivity contribution in [3.05, 3.63) is 12.2 Å². The number of nitrogens with one attached hydrogen (secondary N) is 2. The molecule has 0 saturated heterocycles. The third-order valence-electron chi connectivity index (χ3n) is 3.66. The lowest BCUT2D eigenvalue weighted by atomic mass is 9.98. The quantitative estimate of drug-likeness (QED) is 0.195. The van der Waals surface area contributed by atoms with Gasteiger partial charge in [0.25, 0.3) is 0 Å². The summed E-state index contributed by atoms with van der Waals surface area (Å²) in [6, 6.07) is 0. The molecule has 0 aromatic heterocycles. The van der Waals surface area contributed by atoms with Gasteiger partial charge in [0.2, 0.25) is 0 Å². The summed E-state index contributed by atoms with van der Waals surface area (Å²) in [5.41, 5.74) is 0. The van der Waals surface area contributed by atoms with Crippen LogP contribution < -0.4 is 10.6 Å². The van der Waals surface area contributed by atoms with Crippen molar-refractivity contribution < 1.29 is 4.74 Å². The van der Waals surface area contributed by atoms with Crippen LogP contribution in [0.1, 0.15) is 58.8 Å². The first-order valence-electron chi connectivity index (χ1n) is 8.61. The minimum absolute atomic E-state index is 0. The first-order chi connectivity index (χ1) is 10.4. The van der Waals surface area contributed by atoms with E-state index in [9.17, 15) is 0 Å². The molecule has 2 N–H and O–H groups in total. The van der Waals surface area contributed by atoms with Crippen molar-refractivity contribution in [1.29, 1.82) is 0 Å². The van der Waals surface area contributed by atoms with Crippen molar-refractivity contribution in [2.75, 3.05) is 26.2 Å². The highest BCUT2D eigenvalue weighted by Crippen LogP contribution is 2.20. The van der Waals surface area contributed by atoms with E-state index < -0.39 is 0 Å². The van der Waals surface area contributed by atoms with E-state index in [1.165, 1.54) is 32.1 Å². The fourth-order valence-electron chi connectivity index (χ4n) is 2.52. The number of rotatable bonds is 9. The zero-order valence-corrected chi connectivity index (χ0v) is 16.6. The van der Waals surface area contributed by atoms with Crippen molar-refractivity contribution in [1.82, 2.24) is 10.6 Å². The third-order valence-corrected chi connectivity index (χ3v) is 3.66. The van der Waals surface area contributed by atoms with E-state index in [4.69, 9.17) is 4.74 Å². The molecule has 0 amide bonds. The smallest absolute Gasteiger partial charge is 0.191 e. The summed E-state index contributed by atoms with van der Waals surface area (Å²) in [5, 5.41) is 6.62. The minimum Gasteiger partial charge on any atom is -0.378 e. The van der Waals surface area contributed by atoms with Crippen LogP contribution in [0.4, 0.5) is 0 Å². The highest BCUT2D eigenvalue weighted by Gasteiger charge is 2.12. The Bertz CT molecular complexity index is 302. The maximum absolute atomic E-state index is 5.92. The Balaban J connectivity index is 0.00000441. The first kappa shape index (κ1) is 21.7. The molecular formula is C17H34IN3O. The Morgan fingerprint density at radius 3 is 2.68 bits per heavy atom. The van der Waals surface area contributed by atoms with Gasteiger partial charge < -0.3 is 15.4 Å². The Morgan fingerprint density at radius 1 is 1.23 bits per heavy atom. The lowest BCUT2D eigenvalue weighted by molar-refractivity contribution is 0.0281. The number of nitrogens with zero attached hydrogens (tertiary/aromatic N) is 1. The number of hydrogen-bond donors (Lipinski definition) is 2. The van der Waals surface area contributed by atoms with Gasteiger partial charge in [0.15, 0.2) is 5.96 Å². The molecule has 0 unspecified atom stereocenters. The second kappa shape index (κ2) is 15.6. The second-order valence-electron chi connectivity index (χ2n) is 5.53. The second-order valence-corrected chi connectivity index (χ2v) is 5.53. The van der Waals surface area contributed by atoms with Gasteiger partial charge in [-0.05, 0) is 39.5 Å². The fourth-order valence-corrected chi connectivity index (χ4v) is 2.52. The van der Waals surface area contributed by atoms with Crippen LogP contribution in [0.3, 0.4) is 0 Å². The fraction of sp³-hybridized carbons (Fsp3) is 0.824. The molecule has 0 aromatic rings. The Hall–Kier alpha value is -0.300. The summed E-state index contributed by atoms with van der Waals surface area (Å²) in [4.78, 5) is 4.58. The van der Waals surface area contributed by atoms with Crippen molar-refractivity contribution in [3.63, 3.8) is 0 Å². The van der Waals surface area contributed by atoms with E-state index >= 15 is 0 Å². The SMILES string of the molecule is C/C=C/CCNC(=NCCCOC1CCCCC1)NCC.I. The summed E-state index contributed by atoms with van der Waals surface area (Å²) >= 11 is 0. The van der Waals surface area contributed by atoms with Crippen molar-refractivity contribution in [2.45, 2.75) is 64.9 Å². The lowest BCUT2D eigenvalue weighted by Crippen LogP contribution is -2.37. The summed E-state index contributed by atoms with van der Waals surface area (Å²) in [5.74, 6) is 0.916. The van der Waals surface area contributed by atoms with Gasteiger partial charge in [-0.25, -0.2) is 0 Å². The van der Waals surface area contributed by atoms with Gasteiger partial charge in [-0.3, -0.25) is 4.99 Å². The van der Waals surface area contributed by atoms with Crippen molar-refractivity contribution in [3.8, 4) is 0 Å². The molecule has 0 heterocycles. The number of aliphatic imine (C=N–C) groups is 1. The predicted molar refractivity (Wildman–Crippen MR) is 106 cm³/mol. The molecule has 4 nitrogen and oxygen atoms in total. The number of ether oxygens (including phenoxy) is 1. The minimum atomic E-state index is 0. The van der Waals surface area contributed by atoms with Gasteiger partial charge in [0.1, 0.15) is 0 Å². The van der Waals surface area contributed by atoms with Gasteiger partial charge in [0, 0.05) is 26.2 Å². The molecule has 0 aliphatic heterocycles. The number of guanidine groups is 1. The van der Waals surface area contributed by atoms with Crippen LogP contribution >= 0.6 is 24.0 Å². The summed E-state index contributed by atoms with van der Waals surface area (Å²) in [6.07, 6.45) is 13.3. The monoisotopic (exact) mass is 423 g/mol. The number of allylic oxidation sites excluding steroid dienone is 1. The van der Waals surface area contributed by atoms with E-state index in [1.807, 2.05) is 6.92 Å². The van der Waals surface area contributed by atoms with E-state index in [1.54, 1.807) is 0 Å². The van der Waals surface area contributed by atoms with E-state index in [0.29, 0.717) is 6.10 Å². The van der Waals surface area contributed by atoms with Crippen LogP contribution in [0.25, 0.3) is 0 Å². The maximum atomic E-state index is 5.92. The zero-order valence-electron chi connectivity index (χ0n) is 14.3.